The minimum absolute atomic E-state index is 0.668. The summed E-state index contributed by atoms with van der Waals surface area (Å²) in [6.45, 7) is 0. The number of halogens is 1. The minimum atomic E-state index is 0.668. The Morgan fingerprint density at radius 2 is 2.06 bits per heavy atom. The van der Waals surface area contributed by atoms with E-state index in [0.717, 1.165) is 19.9 Å². The van der Waals surface area contributed by atoms with Crippen LogP contribution in [0.4, 0.5) is 0 Å². The van der Waals surface area contributed by atoms with E-state index in [0.29, 0.717) is 5.56 Å². The number of hydrogen-bond acceptors (Lipinski definition) is 3. The van der Waals surface area contributed by atoms with Gasteiger partial charge in [0.05, 0.1) is 11.6 Å². The van der Waals surface area contributed by atoms with E-state index in [-0.39, 0.29) is 0 Å². The van der Waals surface area contributed by atoms with Gasteiger partial charge in [-0.2, -0.15) is 5.26 Å². The highest BCUT2D eigenvalue weighted by atomic mass is 127. The summed E-state index contributed by atoms with van der Waals surface area (Å²) in [5.74, 6) is 0.926. The normalized spacial score (nSPS) is 10.6. The molecule has 2 heterocycles. The Labute approximate surface area is 115 Å². The molecule has 0 amide bonds. The third-order valence-electron chi connectivity index (χ3n) is 2.49. The molecule has 1 aromatic carbocycles. The van der Waals surface area contributed by atoms with Crippen LogP contribution < -0.4 is 0 Å². The molecule has 0 atom stereocenters. The summed E-state index contributed by atoms with van der Waals surface area (Å²) in [6, 6.07) is 9.61. The molecule has 0 aliphatic carbocycles. The van der Waals surface area contributed by atoms with Gasteiger partial charge in [-0.25, -0.2) is 4.98 Å². The summed E-state index contributed by atoms with van der Waals surface area (Å²) >= 11 is 3.92. The van der Waals surface area contributed by atoms with E-state index in [4.69, 9.17) is 5.26 Å². The Kier molecular flexibility index (Phi) is 2.61. The smallest absolute Gasteiger partial charge is 0.146 e. The van der Waals surface area contributed by atoms with Crippen molar-refractivity contribution in [2.24, 2.45) is 0 Å². The lowest BCUT2D eigenvalue weighted by Gasteiger charge is -1.98. The molecule has 3 rings (SSSR count). The molecule has 82 valence electrons. The molecule has 2 aromatic heterocycles. The number of nitrogens with zero attached hydrogens (tertiary/aromatic N) is 3. The zero-order valence-corrected chi connectivity index (χ0v) is 11.6. The topological polar surface area (TPSA) is 41.1 Å². The van der Waals surface area contributed by atoms with Gasteiger partial charge < -0.3 is 0 Å². The van der Waals surface area contributed by atoms with Crippen LogP contribution in [0, 0.1) is 15.0 Å². The minimum Gasteiger partial charge on any atom is -0.289 e. The van der Waals surface area contributed by atoms with Crippen molar-refractivity contribution in [2.45, 2.75) is 0 Å². The van der Waals surface area contributed by atoms with Gasteiger partial charge >= 0.3 is 0 Å². The highest BCUT2D eigenvalue weighted by Crippen LogP contribution is 2.27. The number of aromatic nitrogens is 2. The van der Waals surface area contributed by atoms with E-state index in [9.17, 15) is 0 Å². The zero-order valence-electron chi connectivity index (χ0n) is 8.59. The van der Waals surface area contributed by atoms with E-state index < -0.39 is 0 Å². The summed E-state index contributed by atoms with van der Waals surface area (Å²) in [7, 11) is 0. The molecular weight excluding hydrogens is 345 g/mol. The second-order valence-corrected chi connectivity index (χ2v) is 5.41. The van der Waals surface area contributed by atoms with Crippen LogP contribution in [0.5, 0.6) is 0 Å². The van der Waals surface area contributed by atoms with Crippen LogP contribution >= 0.6 is 33.9 Å². The third-order valence-corrected chi connectivity index (χ3v) is 4.48. The van der Waals surface area contributed by atoms with Gasteiger partial charge in [-0.15, -0.1) is 11.3 Å². The average Bonchev–Trinajstić information content (AvgIpc) is 2.94. The van der Waals surface area contributed by atoms with Crippen molar-refractivity contribution < 1.29 is 0 Å². The first-order valence-electron chi connectivity index (χ1n) is 4.91. The Morgan fingerprint density at radius 3 is 2.76 bits per heavy atom. The summed E-state index contributed by atoms with van der Waals surface area (Å²) in [5.41, 5.74) is 1.70. The average molecular weight is 351 g/mol. The molecule has 0 radical (unpaired) electrons. The van der Waals surface area contributed by atoms with Crippen molar-refractivity contribution in [3.8, 4) is 17.5 Å². The Morgan fingerprint density at radius 1 is 1.29 bits per heavy atom. The molecule has 5 heteroatoms. The summed E-state index contributed by atoms with van der Waals surface area (Å²) in [5, 5.41) is 10.8. The lowest BCUT2D eigenvalue weighted by molar-refractivity contribution is 1.18. The molecule has 0 aliphatic rings. The predicted molar refractivity (Wildman–Crippen MR) is 75.9 cm³/mol. The number of rotatable bonds is 1. The van der Waals surface area contributed by atoms with E-state index in [1.165, 1.54) is 0 Å². The van der Waals surface area contributed by atoms with Crippen molar-refractivity contribution in [3.63, 3.8) is 0 Å². The van der Waals surface area contributed by atoms with Crippen LogP contribution in [-0.2, 0) is 0 Å². The molecule has 0 bridgehead atoms. The molecule has 3 nitrogen and oxygen atoms in total. The van der Waals surface area contributed by atoms with Crippen molar-refractivity contribution in [1.82, 2.24) is 9.38 Å². The monoisotopic (exact) mass is 351 g/mol. The first-order valence-corrected chi connectivity index (χ1v) is 6.87. The quantitative estimate of drug-likeness (QED) is 0.630. The Hall–Kier alpha value is -1.39. The maximum atomic E-state index is 8.77. The van der Waals surface area contributed by atoms with Gasteiger partial charge in [0.15, 0.2) is 0 Å². The first kappa shape index (κ1) is 10.7. The van der Waals surface area contributed by atoms with Crippen molar-refractivity contribution in [3.05, 3.63) is 45.1 Å². The Bertz CT molecular complexity index is 718. The molecule has 0 saturated heterocycles. The van der Waals surface area contributed by atoms with Crippen LogP contribution in [0.3, 0.4) is 0 Å². The summed E-state index contributed by atoms with van der Waals surface area (Å²) in [4.78, 5) is 5.71. The predicted octanol–water partition coefficient (Wildman–Crippen LogP) is 3.54. The van der Waals surface area contributed by atoms with Gasteiger partial charge in [0, 0.05) is 17.1 Å². The number of hydrogen-bond donors (Lipinski definition) is 0. The zero-order chi connectivity index (χ0) is 11.8. The highest BCUT2D eigenvalue weighted by molar-refractivity contribution is 14.1. The van der Waals surface area contributed by atoms with Crippen LogP contribution in [-0.4, -0.2) is 9.38 Å². The van der Waals surface area contributed by atoms with E-state index in [1.807, 2.05) is 35.8 Å². The van der Waals surface area contributed by atoms with Gasteiger partial charge in [0.2, 0.25) is 0 Å². The molecule has 0 N–H and O–H groups in total. The second kappa shape index (κ2) is 4.13. The van der Waals surface area contributed by atoms with E-state index in [1.54, 1.807) is 11.3 Å². The molecular formula is C12H6IN3S. The fraction of sp³-hybridized carbons (Fsp3) is 0. The number of nitriles is 1. The number of imidazole rings is 1. The molecule has 0 fully saturated rings. The fourth-order valence-electron chi connectivity index (χ4n) is 1.69. The standard InChI is InChI=1S/C12H6IN3S/c13-10-12-16(5-6-17-12)11(15-10)9-3-1-8(7-14)2-4-9/h1-6H. The third kappa shape index (κ3) is 1.73. The van der Waals surface area contributed by atoms with Gasteiger partial charge in [0.1, 0.15) is 14.4 Å². The van der Waals surface area contributed by atoms with Crippen LogP contribution in [0.15, 0.2) is 35.8 Å². The first-order chi connectivity index (χ1) is 8.29. The SMILES string of the molecule is N#Cc1ccc(-c2nc(I)c3sccn23)cc1. The molecule has 0 aliphatic heterocycles. The summed E-state index contributed by atoms with van der Waals surface area (Å²) in [6.07, 6.45) is 2.02. The van der Waals surface area contributed by atoms with Gasteiger partial charge in [0.25, 0.3) is 0 Å². The molecule has 17 heavy (non-hydrogen) atoms. The second-order valence-electron chi connectivity index (χ2n) is 3.49. The summed E-state index contributed by atoms with van der Waals surface area (Å²) < 4.78 is 3.09. The van der Waals surface area contributed by atoms with Gasteiger partial charge in [-0.3, -0.25) is 4.40 Å². The largest absolute Gasteiger partial charge is 0.289 e. The maximum absolute atomic E-state index is 8.77. The number of benzene rings is 1. The van der Waals surface area contributed by atoms with Gasteiger partial charge in [-0.1, -0.05) is 0 Å². The van der Waals surface area contributed by atoms with E-state index in [2.05, 4.69) is 38.0 Å². The highest BCUT2D eigenvalue weighted by Gasteiger charge is 2.11. The maximum Gasteiger partial charge on any atom is 0.146 e. The van der Waals surface area contributed by atoms with E-state index >= 15 is 0 Å². The molecule has 0 spiro atoms. The lowest BCUT2D eigenvalue weighted by Crippen LogP contribution is -1.86. The number of thiazole rings is 1. The fourth-order valence-corrected chi connectivity index (χ4v) is 3.27. The molecule has 0 unspecified atom stereocenters. The van der Waals surface area contributed by atoms with Crippen molar-refractivity contribution in [2.75, 3.05) is 0 Å². The van der Waals surface area contributed by atoms with Crippen LogP contribution in [0.25, 0.3) is 16.2 Å². The van der Waals surface area contributed by atoms with Crippen molar-refractivity contribution >= 4 is 38.8 Å². The number of fused-ring (bicyclic) bond motifs is 1. The van der Waals surface area contributed by atoms with Crippen molar-refractivity contribution in [1.29, 1.82) is 5.26 Å². The Balaban J connectivity index is 2.20. The molecule has 3 aromatic rings. The van der Waals surface area contributed by atoms with Crippen LogP contribution in [0.2, 0.25) is 0 Å². The lowest BCUT2D eigenvalue weighted by atomic mass is 10.1. The van der Waals surface area contributed by atoms with Crippen LogP contribution in [0.1, 0.15) is 5.56 Å². The van der Waals surface area contributed by atoms with Gasteiger partial charge in [-0.05, 0) is 46.9 Å². The molecule has 0 saturated carbocycles.